The van der Waals surface area contributed by atoms with Crippen LogP contribution >= 0.6 is 0 Å². The van der Waals surface area contributed by atoms with Gasteiger partial charge in [-0.15, -0.1) is 0 Å². The molecule has 1 aromatic carbocycles. The second-order valence-corrected chi connectivity index (χ2v) is 5.03. The number of sulfonamides is 1. The van der Waals surface area contributed by atoms with Crippen molar-refractivity contribution in [3.8, 4) is 0 Å². The van der Waals surface area contributed by atoms with E-state index in [9.17, 15) is 13.2 Å². The largest absolute Gasteiger partial charge is 0.331 e. The summed E-state index contributed by atoms with van der Waals surface area (Å²) in [5.41, 5.74) is 0.334. The maximum Gasteiger partial charge on any atom is 0.331 e. The molecular weight excluding hydrogens is 256 g/mol. The van der Waals surface area contributed by atoms with Gasteiger partial charge in [-0.2, -0.15) is 0 Å². The van der Waals surface area contributed by atoms with Crippen LogP contribution in [0, 0.1) is 0 Å². The van der Waals surface area contributed by atoms with Crippen molar-refractivity contribution in [1.82, 2.24) is 9.55 Å². The molecule has 0 unspecified atom stereocenters. The van der Waals surface area contributed by atoms with Gasteiger partial charge in [0.1, 0.15) is 6.33 Å². The maximum absolute atomic E-state index is 11.7. The molecule has 0 aliphatic rings. The predicted octanol–water partition coefficient (Wildman–Crippen LogP) is 0.611. The Morgan fingerprint density at radius 1 is 1.39 bits per heavy atom. The molecule has 0 bridgehead atoms. The molecule has 2 rings (SSSR count). The minimum absolute atomic E-state index is 0.0640. The molecule has 1 heterocycles. The lowest BCUT2D eigenvalue weighted by Crippen LogP contribution is -2.18. The first-order valence-electron chi connectivity index (χ1n) is 4.89. The van der Waals surface area contributed by atoms with E-state index in [1.54, 1.807) is 6.07 Å². The number of primary sulfonamides is 1. The molecule has 18 heavy (non-hydrogen) atoms. The average Bonchev–Trinajstić information content (AvgIpc) is 2.81. The van der Waals surface area contributed by atoms with Crippen molar-refractivity contribution in [2.45, 2.75) is 4.90 Å². The molecule has 1 aromatic heterocycles. The minimum atomic E-state index is -3.79. The molecule has 8 heteroatoms. The van der Waals surface area contributed by atoms with Gasteiger partial charge in [-0.3, -0.25) is 4.57 Å². The SMILES string of the molecule is NS(=O)(=O)c1cccc(NC(=O)n2ccnc2)c1. The highest BCUT2D eigenvalue weighted by Crippen LogP contribution is 2.14. The number of imidazole rings is 1. The van der Waals surface area contributed by atoms with Crippen LogP contribution in [-0.4, -0.2) is 24.0 Å². The van der Waals surface area contributed by atoms with Gasteiger partial charge >= 0.3 is 6.03 Å². The van der Waals surface area contributed by atoms with Gasteiger partial charge < -0.3 is 5.32 Å². The topological polar surface area (TPSA) is 107 Å². The number of nitrogens with one attached hydrogen (secondary N) is 1. The van der Waals surface area contributed by atoms with Gasteiger partial charge in [-0.25, -0.2) is 23.3 Å². The number of nitrogens with zero attached hydrogens (tertiary/aromatic N) is 2. The van der Waals surface area contributed by atoms with E-state index in [2.05, 4.69) is 10.3 Å². The molecule has 2 aromatic rings. The number of hydrogen-bond donors (Lipinski definition) is 2. The Kier molecular flexibility index (Phi) is 3.13. The fourth-order valence-electron chi connectivity index (χ4n) is 1.32. The summed E-state index contributed by atoms with van der Waals surface area (Å²) in [5.74, 6) is 0. The Hall–Kier alpha value is -2.19. The van der Waals surface area contributed by atoms with Gasteiger partial charge in [0.05, 0.1) is 4.90 Å². The van der Waals surface area contributed by atoms with Crippen LogP contribution in [0.4, 0.5) is 10.5 Å². The molecule has 0 fully saturated rings. The van der Waals surface area contributed by atoms with E-state index in [0.717, 1.165) is 0 Å². The van der Waals surface area contributed by atoms with Crippen LogP contribution in [-0.2, 0) is 10.0 Å². The van der Waals surface area contributed by atoms with Crippen LogP contribution in [0.25, 0.3) is 0 Å². The first-order valence-corrected chi connectivity index (χ1v) is 6.43. The van der Waals surface area contributed by atoms with Crippen molar-refractivity contribution in [2.75, 3.05) is 5.32 Å². The van der Waals surface area contributed by atoms with Crippen LogP contribution in [0.1, 0.15) is 0 Å². The maximum atomic E-state index is 11.7. The van der Waals surface area contributed by atoms with Gasteiger partial charge in [0.25, 0.3) is 0 Å². The van der Waals surface area contributed by atoms with E-state index in [1.165, 1.54) is 41.5 Å². The monoisotopic (exact) mass is 266 g/mol. The van der Waals surface area contributed by atoms with E-state index in [-0.39, 0.29) is 4.90 Å². The number of carbonyl (C=O) groups excluding carboxylic acids is 1. The van der Waals surface area contributed by atoms with Gasteiger partial charge in [0, 0.05) is 18.1 Å². The lowest BCUT2D eigenvalue weighted by atomic mass is 10.3. The first kappa shape index (κ1) is 12.3. The van der Waals surface area contributed by atoms with Crippen molar-refractivity contribution in [3.63, 3.8) is 0 Å². The Balaban J connectivity index is 2.23. The predicted molar refractivity (Wildman–Crippen MR) is 64.5 cm³/mol. The third-order valence-electron chi connectivity index (χ3n) is 2.15. The zero-order chi connectivity index (χ0) is 13.2. The summed E-state index contributed by atoms with van der Waals surface area (Å²) in [6.07, 6.45) is 4.26. The molecular formula is C10H10N4O3S. The number of aromatic nitrogens is 2. The molecule has 0 atom stereocenters. The zero-order valence-electron chi connectivity index (χ0n) is 9.15. The van der Waals surface area contributed by atoms with Crippen LogP contribution < -0.4 is 10.5 Å². The van der Waals surface area contributed by atoms with Crippen molar-refractivity contribution in [1.29, 1.82) is 0 Å². The second kappa shape index (κ2) is 4.59. The number of benzene rings is 1. The highest BCUT2D eigenvalue weighted by atomic mass is 32.2. The van der Waals surface area contributed by atoms with Crippen LogP contribution in [0.3, 0.4) is 0 Å². The fraction of sp³-hybridized carbons (Fsp3) is 0. The van der Waals surface area contributed by atoms with Crippen molar-refractivity contribution < 1.29 is 13.2 Å². The summed E-state index contributed by atoms with van der Waals surface area (Å²) >= 11 is 0. The summed E-state index contributed by atoms with van der Waals surface area (Å²) in [4.78, 5) is 15.3. The summed E-state index contributed by atoms with van der Waals surface area (Å²) in [7, 11) is -3.79. The molecule has 3 N–H and O–H groups in total. The highest BCUT2D eigenvalue weighted by Gasteiger charge is 2.09. The Morgan fingerprint density at radius 2 is 2.17 bits per heavy atom. The first-order chi connectivity index (χ1) is 8.47. The third-order valence-corrected chi connectivity index (χ3v) is 3.06. The summed E-state index contributed by atoms with van der Waals surface area (Å²) in [6, 6.07) is 5.23. The highest BCUT2D eigenvalue weighted by molar-refractivity contribution is 7.89. The quantitative estimate of drug-likeness (QED) is 0.830. The minimum Gasteiger partial charge on any atom is -0.307 e. The van der Waals surface area contributed by atoms with Crippen molar-refractivity contribution in [3.05, 3.63) is 43.0 Å². The summed E-state index contributed by atoms with van der Waals surface area (Å²) < 4.78 is 23.5. The van der Waals surface area contributed by atoms with Crippen LogP contribution in [0.2, 0.25) is 0 Å². The Morgan fingerprint density at radius 3 is 2.78 bits per heavy atom. The number of anilines is 1. The standard InChI is InChI=1S/C10H10N4O3S/c11-18(16,17)9-3-1-2-8(6-9)13-10(15)14-5-4-12-7-14/h1-7H,(H,13,15)(H2,11,16,17). The molecule has 0 saturated heterocycles. The van der Waals surface area contributed by atoms with Crippen LogP contribution in [0.5, 0.6) is 0 Å². The summed E-state index contributed by atoms with van der Waals surface area (Å²) in [6.45, 7) is 0. The van der Waals surface area contributed by atoms with E-state index in [1.807, 2.05) is 0 Å². The Labute approximate surface area is 103 Å². The Bertz CT molecular complexity index is 664. The fourth-order valence-corrected chi connectivity index (χ4v) is 1.88. The number of nitrogens with two attached hydrogens (primary N) is 1. The number of hydrogen-bond acceptors (Lipinski definition) is 4. The molecule has 0 radical (unpaired) electrons. The van der Waals surface area contributed by atoms with E-state index < -0.39 is 16.1 Å². The van der Waals surface area contributed by atoms with E-state index in [4.69, 9.17) is 5.14 Å². The number of amides is 1. The summed E-state index contributed by atoms with van der Waals surface area (Å²) in [5, 5.41) is 7.52. The van der Waals surface area contributed by atoms with Crippen molar-refractivity contribution >= 4 is 21.7 Å². The van der Waals surface area contributed by atoms with Gasteiger partial charge in [0.2, 0.25) is 10.0 Å². The molecule has 0 spiro atoms. The normalized spacial score (nSPS) is 11.2. The molecule has 1 amide bonds. The van der Waals surface area contributed by atoms with Gasteiger partial charge in [-0.1, -0.05) is 6.07 Å². The lowest BCUT2D eigenvalue weighted by Gasteiger charge is -2.06. The van der Waals surface area contributed by atoms with E-state index >= 15 is 0 Å². The third kappa shape index (κ3) is 2.73. The van der Waals surface area contributed by atoms with Gasteiger partial charge in [-0.05, 0) is 18.2 Å². The van der Waals surface area contributed by atoms with Crippen LogP contribution in [0.15, 0.2) is 47.9 Å². The zero-order valence-corrected chi connectivity index (χ0v) is 9.96. The smallest absolute Gasteiger partial charge is 0.307 e. The molecule has 0 saturated carbocycles. The second-order valence-electron chi connectivity index (χ2n) is 3.47. The van der Waals surface area contributed by atoms with Gasteiger partial charge in [0.15, 0.2) is 0 Å². The van der Waals surface area contributed by atoms with E-state index in [0.29, 0.717) is 5.69 Å². The molecule has 94 valence electrons. The number of carbonyl (C=O) groups is 1. The lowest BCUT2D eigenvalue weighted by molar-refractivity contribution is 0.253. The molecule has 0 aliphatic heterocycles. The molecule has 0 aliphatic carbocycles. The average molecular weight is 266 g/mol. The molecule has 7 nitrogen and oxygen atoms in total. The number of rotatable bonds is 2. The van der Waals surface area contributed by atoms with Crippen molar-refractivity contribution in [2.24, 2.45) is 5.14 Å².